The van der Waals surface area contributed by atoms with Gasteiger partial charge in [0, 0.05) is 32.4 Å². The fraction of sp³-hybridized carbons (Fsp3) is 0.462. The highest BCUT2D eigenvalue weighted by molar-refractivity contribution is 5.96. The Morgan fingerprint density at radius 2 is 2.11 bits per heavy atom. The monoisotopic (exact) mass is 259 g/mol. The lowest BCUT2D eigenvalue weighted by Crippen LogP contribution is -2.48. The number of nitrogens with one attached hydrogen (secondary N) is 1. The highest BCUT2D eigenvalue weighted by Gasteiger charge is 2.21. The first-order valence-electron chi connectivity index (χ1n) is 6.58. The van der Waals surface area contributed by atoms with Crippen LogP contribution in [0.2, 0.25) is 0 Å². The summed E-state index contributed by atoms with van der Waals surface area (Å²) < 4.78 is 0. The maximum absolute atomic E-state index is 12.4. The van der Waals surface area contributed by atoms with E-state index in [2.05, 4.69) is 26.8 Å². The van der Waals surface area contributed by atoms with Gasteiger partial charge in [0.25, 0.3) is 5.91 Å². The highest BCUT2D eigenvalue weighted by Crippen LogP contribution is 2.12. The fourth-order valence-corrected chi connectivity index (χ4v) is 2.40. The van der Waals surface area contributed by atoms with E-state index < -0.39 is 0 Å². The normalized spacial score (nSPS) is 17.0. The minimum Gasteiger partial charge on any atom is -0.343 e. The Kier molecular flexibility index (Phi) is 3.16. The maximum Gasteiger partial charge on any atom is 0.255 e. The quantitative estimate of drug-likeness (QED) is 0.863. The summed E-state index contributed by atoms with van der Waals surface area (Å²) in [5.41, 5.74) is 2.08. The molecule has 0 radical (unpaired) electrons. The molecule has 1 N–H and O–H groups in total. The zero-order chi connectivity index (χ0) is 13.2. The van der Waals surface area contributed by atoms with Gasteiger partial charge in [-0.1, -0.05) is 6.92 Å². The van der Waals surface area contributed by atoms with Crippen molar-refractivity contribution in [3.8, 4) is 0 Å². The van der Waals surface area contributed by atoms with E-state index in [4.69, 9.17) is 0 Å². The third-order valence-corrected chi connectivity index (χ3v) is 3.63. The van der Waals surface area contributed by atoms with E-state index in [0.717, 1.165) is 38.2 Å². The molecule has 3 rings (SSSR count). The van der Waals surface area contributed by atoms with Crippen molar-refractivity contribution in [1.82, 2.24) is 24.8 Å². The molecule has 0 unspecified atom stereocenters. The van der Waals surface area contributed by atoms with Crippen molar-refractivity contribution in [1.29, 1.82) is 0 Å². The zero-order valence-electron chi connectivity index (χ0n) is 11.0. The summed E-state index contributed by atoms with van der Waals surface area (Å²) in [6.45, 7) is 6.66. The minimum absolute atomic E-state index is 0.0553. The molecule has 1 aliphatic rings. The summed E-state index contributed by atoms with van der Waals surface area (Å²) in [5.74, 6) is 0.0553. The van der Waals surface area contributed by atoms with Crippen LogP contribution in [0.5, 0.6) is 0 Å². The Labute approximate surface area is 111 Å². The summed E-state index contributed by atoms with van der Waals surface area (Å²) in [5, 5.41) is 0. The molecule has 1 saturated heterocycles. The third-order valence-electron chi connectivity index (χ3n) is 3.63. The second-order valence-corrected chi connectivity index (χ2v) is 4.72. The number of aromatic amines is 1. The van der Waals surface area contributed by atoms with Gasteiger partial charge in [0.1, 0.15) is 0 Å². The van der Waals surface area contributed by atoms with E-state index in [9.17, 15) is 4.79 Å². The number of carbonyl (C=O) groups is 1. The standard InChI is InChI=1S/C13H17N5O/c1-2-17-3-5-18(6-4-17)13(19)10-7-11-12(14-8-10)16-9-15-11/h7-9H,2-6H2,1H3,(H,14,15,16). The molecule has 0 spiro atoms. The molecule has 1 fully saturated rings. The number of fused-ring (bicyclic) bond motifs is 1. The van der Waals surface area contributed by atoms with Gasteiger partial charge in [0.2, 0.25) is 0 Å². The Bertz CT molecular complexity index is 585. The smallest absolute Gasteiger partial charge is 0.255 e. The van der Waals surface area contributed by atoms with Crippen LogP contribution in [0.3, 0.4) is 0 Å². The predicted molar refractivity (Wildman–Crippen MR) is 71.9 cm³/mol. The minimum atomic E-state index is 0.0553. The SMILES string of the molecule is CCN1CCN(C(=O)c2cnc3nc[nH]c3c2)CC1. The highest BCUT2D eigenvalue weighted by atomic mass is 16.2. The molecular weight excluding hydrogens is 242 g/mol. The van der Waals surface area contributed by atoms with Crippen LogP contribution in [0.15, 0.2) is 18.6 Å². The average Bonchev–Trinajstić information content (AvgIpc) is 2.94. The molecule has 0 atom stereocenters. The van der Waals surface area contributed by atoms with Crippen molar-refractivity contribution >= 4 is 17.1 Å². The number of aromatic nitrogens is 3. The van der Waals surface area contributed by atoms with Gasteiger partial charge in [-0.15, -0.1) is 0 Å². The van der Waals surface area contributed by atoms with Crippen LogP contribution in [0, 0.1) is 0 Å². The molecule has 1 aliphatic heterocycles. The number of hydrogen-bond acceptors (Lipinski definition) is 4. The summed E-state index contributed by atoms with van der Waals surface area (Å²) in [4.78, 5) is 27.9. The molecule has 19 heavy (non-hydrogen) atoms. The van der Waals surface area contributed by atoms with Gasteiger partial charge in [0.05, 0.1) is 17.4 Å². The largest absolute Gasteiger partial charge is 0.343 e. The lowest BCUT2D eigenvalue weighted by Gasteiger charge is -2.34. The maximum atomic E-state index is 12.4. The number of carbonyl (C=O) groups excluding carboxylic acids is 1. The Morgan fingerprint density at radius 3 is 2.84 bits per heavy atom. The molecule has 2 aromatic rings. The lowest BCUT2D eigenvalue weighted by molar-refractivity contribution is 0.0643. The molecule has 0 bridgehead atoms. The molecule has 0 aromatic carbocycles. The molecule has 100 valence electrons. The van der Waals surface area contributed by atoms with Crippen molar-refractivity contribution in [2.24, 2.45) is 0 Å². The van der Waals surface area contributed by atoms with E-state index in [1.54, 1.807) is 12.5 Å². The second kappa shape index (κ2) is 4.97. The number of H-pyrrole nitrogens is 1. The average molecular weight is 259 g/mol. The number of piperazine rings is 1. The van der Waals surface area contributed by atoms with Crippen LogP contribution in [0.1, 0.15) is 17.3 Å². The fourth-order valence-electron chi connectivity index (χ4n) is 2.40. The number of pyridine rings is 1. The van der Waals surface area contributed by atoms with Gasteiger partial charge in [-0.3, -0.25) is 4.79 Å². The van der Waals surface area contributed by atoms with E-state index in [1.807, 2.05) is 11.0 Å². The third kappa shape index (κ3) is 2.31. The van der Waals surface area contributed by atoms with Gasteiger partial charge >= 0.3 is 0 Å². The van der Waals surface area contributed by atoms with Crippen LogP contribution < -0.4 is 0 Å². The molecule has 3 heterocycles. The van der Waals surface area contributed by atoms with Gasteiger partial charge < -0.3 is 14.8 Å². The molecule has 2 aromatic heterocycles. The first-order valence-corrected chi connectivity index (χ1v) is 6.58. The Balaban J connectivity index is 1.76. The zero-order valence-corrected chi connectivity index (χ0v) is 11.0. The molecule has 6 heteroatoms. The van der Waals surface area contributed by atoms with Gasteiger partial charge in [0.15, 0.2) is 5.65 Å². The second-order valence-electron chi connectivity index (χ2n) is 4.72. The first-order chi connectivity index (χ1) is 9.28. The molecule has 0 saturated carbocycles. The lowest BCUT2D eigenvalue weighted by atomic mass is 10.2. The van der Waals surface area contributed by atoms with Crippen LogP contribution in [-0.4, -0.2) is 63.4 Å². The number of hydrogen-bond donors (Lipinski definition) is 1. The van der Waals surface area contributed by atoms with Crippen molar-refractivity contribution in [2.45, 2.75) is 6.92 Å². The summed E-state index contributed by atoms with van der Waals surface area (Å²) in [7, 11) is 0. The first kappa shape index (κ1) is 12.1. The van der Waals surface area contributed by atoms with Gasteiger partial charge in [-0.05, 0) is 12.6 Å². The van der Waals surface area contributed by atoms with Crippen molar-refractivity contribution in [3.05, 3.63) is 24.2 Å². The topological polar surface area (TPSA) is 65.1 Å². The van der Waals surface area contributed by atoms with Crippen molar-refractivity contribution in [2.75, 3.05) is 32.7 Å². The van der Waals surface area contributed by atoms with E-state index in [1.165, 1.54) is 0 Å². The number of likely N-dealkylation sites (N-methyl/N-ethyl adjacent to an activating group) is 1. The summed E-state index contributed by atoms with van der Waals surface area (Å²) in [6, 6.07) is 1.82. The van der Waals surface area contributed by atoms with Crippen LogP contribution in [-0.2, 0) is 0 Å². The van der Waals surface area contributed by atoms with Crippen molar-refractivity contribution in [3.63, 3.8) is 0 Å². The Hall–Kier alpha value is -1.95. The number of nitrogens with zero attached hydrogens (tertiary/aromatic N) is 4. The summed E-state index contributed by atoms with van der Waals surface area (Å²) >= 11 is 0. The molecule has 0 aliphatic carbocycles. The van der Waals surface area contributed by atoms with Crippen LogP contribution in [0.25, 0.3) is 11.2 Å². The number of rotatable bonds is 2. The van der Waals surface area contributed by atoms with Gasteiger partial charge in [-0.25, -0.2) is 9.97 Å². The van der Waals surface area contributed by atoms with Crippen LogP contribution in [0.4, 0.5) is 0 Å². The molecule has 6 nitrogen and oxygen atoms in total. The summed E-state index contributed by atoms with van der Waals surface area (Å²) in [6.07, 6.45) is 3.20. The number of amides is 1. The van der Waals surface area contributed by atoms with E-state index in [0.29, 0.717) is 11.2 Å². The molecule has 1 amide bonds. The number of imidazole rings is 1. The Morgan fingerprint density at radius 1 is 1.32 bits per heavy atom. The molecular formula is C13H17N5O. The predicted octanol–water partition coefficient (Wildman–Crippen LogP) is 0.736. The van der Waals surface area contributed by atoms with E-state index in [-0.39, 0.29) is 5.91 Å². The van der Waals surface area contributed by atoms with Crippen LogP contribution >= 0.6 is 0 Å². The van der Waals surface area contributed by atoms with Gasteiger partial charge in [-0.2, -0.15) is 0 Å². The van der Waals surface area contributed by atoms with Crippen molar-refractivity contribution < 1.29 is 4.79 Å². The van der Waals surface area contributed by atoms with E-state index >= 15 is 0 Å².